The fourth-order valence-corrected chi connectivity index (χ4v) is 3.29. The summed E-state index contributed by atoms with van der Waals surface area (Å²) in [6.07, 6.45) is 7.91. The van der Waals surface area contributed by atoms with Gasteiger partial charge in [0.2, 0.25) is 5.91 Å². The number of amides is 3. The van der Waals surface area contributed by atoms with Gasteiger partial charge in [-0.15, -0.1) is 0 Å². The Morgan fingerprint density at radius 2 is 2.12 bits per heavy atom. The molecule has 0 bridgehead atoms. The summed E-state index contributed by atoms with van der Waals surface area (Å²) in [7, 11) is 0. The lowest BCUT2D eigenvalue weighted by Gasteiger charge is -2.29. The van der Waals surface area contributed by atoms with E-state index in [2.05, 4.69) is 20.9 Å². The van der Waals surface area contributed by atoms with Crippen LogP contribution in [0.3, 0.4) is 0 Å². The number of nitrogens with zero attached hydrogens (tertiary/aromatic N) is 1. The lowest BCUT2D eigenvalue weighted by atomic mass is 9.85. The van der Waals surface area contributed by atoms with Crippen LogP contribution in [-0.4, -0.2) is 35.6 Å². The number of nitrogens with one attached hydrogen (secondary N) is 3. The Morgan fingerprint density at radius 1 is 1.32 bits per heavy atom. The van der Waals surface area contributed by atoms with E-state index in [1.807, 2.05) is 33.0 Å². The fourth-order valence-electron chi connectivity index (χ4n) is 3.29. The average molecular weight is 346 g/mol. The van der Waals surface area contributed by atoms with E-state index in [1.165, 1.54) is 5.56 Å². The van der Waals surface area contributed by atoms with Crippen molar-refractivity contribution in [2.24, 2.45) is 5.92 Å². The highest BCUT2D eigenvalue weighted by Crippen LogP contribution is 2.24. The molecular formula is C19H30N4O2. The number of carbonyl (C=O) groups is 2. The second kappa shape index (κ2) is 9.39. The van der Waals surface area contributed by atoms with Crippen molar-refractivity contribution in [1.29, 1.82) is 0 Å². The summed E-state index contributed by atoms with van der Waals surface area (Å²) >= 11 is 0. The van der Waals surface area contributed by atoms with Gasteiger partial charge >= 0.3 is 6.03 Å². The lowest BCUT2D eigenvalue weighted by Crippen LogP contribution is -2.47. The minimum absolute atomic E-state index is 0.000850. The van der Waals surface area contributed by atoms with Crippen LogP contribution in [0.1, 0.15) is 50.7 Å². The minimum atomic E-state index is -0.151. The zero-order valence-corrected chi connectivity index (χ0v) is 15.5. The van der Waals surface area contributed by atoms with Gasteiger partial charge in [-0.25, -0.2) is 4.79 Å². The highest BCUT2D eigenvalue weighted by molar-refractivity contribution is 5.79. The molecule has 0 saturated heterocycles. The number of pyridine rings is 1. The molecule has 1 aliphatic rings. The summed E-state index contributed by atoms with van der Waals surface area (Å²) < 4.78 is 0. The summed E-state index contributed by atoms with van der Waals surface area (Å²) in [5, 5.41) is 8.90. The summed E-state index contributed by atoms with van der Waals surface area (Å²) in [6, 6.07) is 2.05. The number of carbonyl (C=O) groups excluding carboxylic acids is 2. The molecule has 1 fully saturated rings. The molecule has 1 aromatic rings. The Labute approximate surface area is 150 Å². The van der Waals surface area contributed by atoms with Crippen molar-refractivity contribution in [3.05, 3.63) is 29.6 Å². The molecule has 0 spiro atoms. The van der Waals surface area contributed by atoms with Crippen LogP contribution in [0.15, 0.2) is 18.5 Å². The highest BCUT2D eigenvalue weighted by Gasteiger charge is 2.28. The molecule has 0 radical (unpaired) electrons. The van der Waals surface area contributed by atoms with E-state index in [9.17, 15) is 9.59 Å². The van der Waals surface area contributed by atoms with Gasteiger partial charge < -0.3 is 16.0 Å². The maximum atomic E-state index is 12.2. The number of urea groups is 1. The van der Waals surface area contributed by atoms with Crippen LogP contribution in [0.5, 0.6) is 0 Å². The average Bonchev–Trinajstić information content (AvgIpc) is 2.56. The topological polar surface area (TPSA) is 83.1 Å². The smallest absolute Gasteiger partial charge is 0.315 e. The first-order valence-corrected chi connectivity index (χ1v) is 9.20. The first kappa shape index (κ1) is 19.2. The highest BCUT2D eigenvalue weighted by atomic mass is 16.2. The largest absolute Gasteiger partial charge is 0.354 e. The van der Waals surface area contributed by atoms with Crippen LogP contribution < -0.4 is 16.0 Å². The lowest BCUT2D eigenvalue weighted by molar-refractivity contribution is -0.126. The van der Waals surface area contributed by atoms with Crippen molar-refractivity contribution in [2.45, 2.75) is 65.0 Å². The van der Waals surface area contributed by atoms with Gasteiger partial charge in [-0.3, -0.25) is 9.78 Å². The molecule has 1 aliphatic carbocycles. The van der Waals surface area contributed by atoms with Crippen LogP contribution in [0.25, 0.3) is 0 Å². The molecule has 1 saturated carbocycles. The van der Waals surface area contributed by atoms with Crippen molar-refractivity contribution >= 4 is 11.9 Å². The summed E-state index contributed by atoms with van der Waals surface area (Å²) in [4.78, 5) is 28.3. The molecule has 1 heterocycles. The van der Waals surface area contributed by atoms with Gasteiger partial charge in [0.15, 0.2) is 0 Å². The molecule has 1 aromatic heterocycles. The molecule has 6 nitrogen and oxygen atoms in total. The Hall–Kier alpha value is -2.11. The Morgan fingerprint density at radius 3 is 2.84 bits per heavy atom. The third-order valence-corrected chi connectivity index (χ3v) is 4.63. The minimum Gasteiger partial charge on any atom is -0.354 e. The van der Waals surface area contributed by atoms with Crippen molar-refractivity contribution in [3.63, 3.8) is 0 Å². The zero-order chi connectivity index (χ0) is 18.2. The first-order chi connectivity index (χ1) is 12.0. The molecule has 2 rings (SSSR count). The third kappa shape index (κ3) is 6.36. The van der Waals surface area contributed by atoms with E-state index < -0.39 is 0 Å². The van der Waals surface area contributed by atoms with E-state index in [4.69, 9.17) is 0 Å². The quantitative estimate of drug-likeness (QED) is 0.739. The molecule has 3 amide bonds. The zero-order valence-electron chi connectivity index (χ0n) is 15.5. The molecule has 0 aromatic carbocycles. The molecular weight excluding hydrogens is 316 g/mol. The second-order valence-electron chi connectivity index (χ2n) is 7.18. The van der Waals surface area contributed by atoms with Gasteiger partial charge in [0, 0.05) is 36.9 Å². The van der Waals surface area contributed by atoms with E-state index in [-0.39, 0.29) is 29.9 Å². The summed E-state index contributed by atoms with van der Waals surface area (Å²) in [5.41, 5.74) is 2.33. The monoisotopic (exact) mass is 346 g/mol. The van der Waals surface area contributed by atoms with Crippen LogP contribution in [0.2, 0.25) is 0 Å². The van der Waals surface area contributed by atoms with Crippen molar-refractivity contribution in [3.8, 4) is 0 Å². The van der Waals surface area contributed by atoms with Crippen LogP contribution in [0, 0.1) is 12.8 Å². The second-order valence-corrected chi connectivity index (χ2v) is 7.18. The van der Waals surface area contributed by atoms with Crippen LogP contribution in [0.4, 0.5) is 4.79 Å². The number of aromatic nitrogens is 1. The van der Waals surface area contributed by atoms with Gasteiger partial charge in [0.25, 0.3) is 0 Å². The molecule has 0 aliphatic heterocycles. The number of hydrogen-bond acceptors (Lipinski definition) is 3. The summed E-state index contributed by atoms with van der Waals surface area (Å²) in [6.45, 7) is 6.54. The number of rotatable bonds is 6. The predicted octanol–water partition coefficient (Wildman–Crippen LogP) is 2.32. The molecule has 6 heteroatoms. The van der Waals surface area contributed by atoms with Gasteiger partial charge in [-0.05, 0) is 63.6 Å². The summed E-state index contributed by atoms with van der Waals surface area (Å²) in [5.74, 6) is 0.107. The van der Waals surface area contributed by atoms with E-state index in [0.29, 0.717) is 6.54 Å². The fraction of sp³-hybridized carbons (Fsp3) is 0.632. The molecule has 25 heavy (non-hydrogen) atoms. The SMILES string of the molecule is Cc1cnccc1CCNC(=O)N[C@@H]1CCC[C@H](C(=O)NC(C)C)C1. The van der Waals surface area contributed by atoms with Gasteiger partial charge in [-0.2, -0.15) is 0 Å². The van der Waals surface area contributed by atoms with E-state index >= 15 is 0 Å². The van der Waals surface area contributed by atoms with Gasteiger partial charge in [0.05, 0.1) is 0 Å². The predicted molar refractivity (Wildman–Crippen MR) is 98.2 cm³/mol. The van der Waals surface area contributed by atoms with Crippen LogP contribution in [-0.2, 0) is 11.2 Å². The molecule has 2 atom stereocenters. The van der Waals surface area contributed by atoms with Gasteiger partial charge in [-0.1, -0.05) is 6.42 Å². The number of aryl methyl sites for hydroxylation is 1. The van der Waals surface area contributed by atoms with E-state index in [0.717, 1.165) is 37.7 Å². The maximum absolute atomic E-state index is 12.2. The Balaban J connectivity index is 1.72. The first-order valence-electron chi connectivity index (χ1n) is 9.20. The molecule has 3 N–H and O–H groups in total. The van der Waals surface area contributed by atoms with Crippen LogP contribution >= 0.6 is 0 Å². The normalized spacial score (nSPS) is 20.2. The Bertz CT molecular complexity index is 589. The van der Waals surface area contributed by atoms with Gasteiger partial charge in [0.1, 0.15) is 0 Å². The Kier molecular flexibility index (Phi) is 7.22. The molecule has 0 unspecified atom stereocenters. The van der Waals surface area contributed by atoms with Crippen molar-refractivity contribution in [2.75, 3.05) is 6.54 Å². The molecule has 138 valence electrons. The van der Waals surface area contributed by atoms with E-state index in [1.54, 1.807) is 6.20 Å². The van der Waals surface area contributed by atoms with Crippen molar-refractivity contribution in [1.82, 2.24) is 20.9 Å². The van der Waals surface area contributed by atoms with Crippen molar-refractivity contribution < 1.29 is 9.59 Å². The maximum Gasteiger partial charge on any atom is 0.315 e. The standard InChI is InChI=1S/C19H30N4O2/c1-13(2)22-18(24)16-5-4-6-17(11-16)23-19(25)21-10-8-15-7-9-20-12-14(15)3/h7,9,12-13,16-17H,4-6,8,10-11H2,1-3H3,(H,22,24)(H2,21,23,25)/t16-,17+/m0/s1. The third-order valence-electron chi connectivity index (χ3n) is 4.63. The number of hydrogen-bond donors (Lipinski definition) is 3.